The fourth-order valence-electron chi connectivity index (χ4n) is 1.88. The van der Waals surface area contributed by atoms with Crippen LogP contribution in [0, 0.1) is 5.82 Å². The lowest BCUT2D eigenvalue weighted by molar-refractivity contribution is -0.148. The van der Waals surface area contributed by atoms with E-state index in [2.05, 4.69) is 0 Å². The number of carbonyl (C=O) groups is 1. The number of benzene rings is 1. The predicted molar refractivity (Wildman–Crippen MR) is 54.5 cm³/mol. The molecule has 1 heterocycles. The first-order valence-corrected chi connectivity index (χ1v) is 4.88. The van der Waals surface area contributed by atoms with Crippen LogP contribution in [0.25, 0.3) is 0 Å². The molecule has 5 heteroatoms. The van der Waals surface area contributed by atoms with Gasteiger partial charge in [0.1, 0.15) is 11.9 Å². The van der Waals surface area contributed by atoms with E-state index in [-0.39, 0.29) is 13.2 Å². The van der Waals surface area contributed by atoms with E-state index in [1.54, 1.807) is 12.1 Å². The van der Waals surface area contributed by atoms with Crippen LogP contribution in [0.5, 0.6) is 0 Å². The minimum absolute atomic E-state index is 0.212. The molecule has 0 aromatic heterocycles. The number of aliphatic carboxylic acids is 1. The maximum absolute atomic E-state index is 13.1. The largest absolute Gasteiger partial charge is 0.480 e. The molecule has 2 rings (SSSR count). The van der Waals surface area contributed by atoms with Crippen LogP contribution in [0.3, 0.4) is 0 Å². The lowest BCUT2D eigenvalue weighted by Gasteiger charge is -2.44. The molecule has 1 fully saturated rings. The Morgan fingerprint density at radius 3 is 2.69 bits per heavy atom. The van der Waals surface area contributed by atoms with E-state index in [4.69, 9.17) is 15.6 Å². The highest BCUT2D eigenvalue weighted by Gasteiger charge is 2.49. The summed E-state index contributed by atoms with van der Waals surface area (Å²) < 4.78 is 18.1. The van der Waals surface area contributed by atoms with Crippen LogP contribution in [0.2, 0.25) is 0 Å². The van der Waals surface area contributed by atoms with E-state index < -0.39 is 23.2 Å². The monoisotopic (exact) mass is 225 g/mol. The van der Waals surface area contributed by atoms with E-state index >= 15 is 0 Å². The van der Waals surface area contributed by atoms with E-state index in [9.17, 15) is 9.18 Å². The molecule has 1 atom stereocenters. The first-order chi connectivity index (χ1) is 7.56. The van der Waals surface area contributed by atoms with Gasteiger partial charge in [-0.2, -0.15) is 0 Å². The first-order valence-electron chi connectivity index (χ1n) is 4.88. The number of hydrogen-bond acceptors (Lipinski definition) is 3. The number of halogens is 1. The van der Waals surface area contributed by atoms with Crippen molar-refractivity contribution >= 4 is 5.97 Å². The maximum atomic E-state index is 13.1. The van der Waals surface area contributed by atoms with Crippen molar-refractivity contribution in [3.05, 3.63) is 35.6 Å². The normalized spacial score (nSPS) is 19.9. The van der Waals surface area contributed by atoms with Gasteiger partial charge in [-0.25, -0.2) is 4.39 Å². The van der Waals surface area contributed by atoms with Crippen LogP contribution < -0.4 is 5.73 Å². The zero-order chi connectivity index (χ0) is 11.8. The molecule has 0 amide bonds. The molecule has 1 aliphatic rings. The van der Waals surface area contributed by atoms with Gasteiger partial charge >= 0.3 is 5.97 Å². The molecule has 0 radical (unpaired) electrons. The molecule has 1 aromatic rings. The molecule has 1 saturated heterocycles. The lowest BCUT2D eigenvalue weighted by atomic mass is 9.72. The van der Waals surface area contributed by atoms with Crippen LogP contribution in [0.15, 0.2) is 24.3 Å². The Bertz CT molecular complexity index is 417. The Morgan fingerprint density at radius 1 is 1.56 bits per heavy atom. The molecule has 0 bridgehead atoms. The maximum Gasteiger partial charge on any atom is 0.321 e. The van der Waals surface area contributed by atoms with Gasteiger partial charge in [-0.05, 0) is 17.7 Å². The van der Waals surface area contributed by atoms with Crippen molar-refractivity contribution in [2.75, 3.05) is 13.2 Å². The summed E-state index contributed by atoms with van der Waals surface area (Å²) in [7, 11) is 0. The Labute approximate surface area is 91.8 Å². The minimum atomic E-state index is -1.10. The Morgan fingerprint density at radius 2 is 2.25 bits per heavy atom. The van der Waals surface area contributed by atoms with E-state index in [1.807, 2.05) is 0 Å². The van der Waals surface area contributed by atoms with Gasteiger partial charge < -0.3 is 15.6 Å². The molecule has 16 heavy (non-hydrogen) atoms. The molecule has 0 saturated carbocycles. The highest BCUT2D eigenvalue weighted by molar-refractivity contribution is 5.76. The molecule has 4 nitrogen and oxygen atoms in total. The van der Waals surface area contributed by atoms with Gasteiger partial charge in [0, 0.05) is 0 Å². The molecule has 1 aromatic carbocycles. The summed E-state index contributed by atoms with van der Waals surface area (Å²) in [6, 6.07) is 4.75. The highest BCUT2D eigenvalue weighted by Crippen LogP contribution is 2.35. The van der Waals surface area contributed by atoms with Gasteiger partial charge in [0.25, 0.3) is 0 Å². The second-order valence-corrected chi connectivity index (χ2v) is 3.98. The molecule has 86 valence electrons. The topological polar surface area (TPSA) is 72.6 Å². The average molecular weight is 225 g/mol. The van der Waals surface area contributed by atoms with Gasteiger partial charge in [-0.15, -0.1) is 0 Å². The predicted octanol–water partition coefficient (Wildman–Crippen LogP) is 0.506. The van der Waals surface area contributed by atoms with Crippen molar-refractivity contribution in [2.24, 2.45) is 5.73 Å². The summed E-state index contributed by atoms with van der Waals surface area (Å²) in [5.74, 6) is -1.51. The molecular weight excluding hydrogens is 213 g/mol. The summed E-state index contributed by atoms with van der Waals surface area (Å²) in [4.78, 5) is 10.9. The van der Waals surface area contributed by atoms with Crippen LogP contribution in [0.4, 0.5) is 4.39 Å². The molecule has 0 spiro atoms. The number of carboxylic acid groups (broad SMARTS) is 1. The number of carboxylic acids is 1. The summed E-state index contributed by atoms with van der Waals surface area (Å²) in [6.45, 7) is 0.424. The van der Waals surface area contributed by atoms with Gasteiger partial charge in [0.2, 0.25) is 0 Å². The molecule has 0 aliphatic carbocycles. The molecule has 1 unspecified atom stereocenters. The summed E-state index contributed by atoms with van der Waals surface area (Å²) in [5, 5.41) is 8.94. The van der Waals surface area contributed by atoms with Gasteiger partial charge in [-0.3, -0.25) is 4.79 Å². The van der Waals surface area contributed by atoms with Crippen molar-refractivity contribution in [3.63, 3.8) is 0 Å². The first kappa shape index (κ1) is 11.0. The number of hydrogen-bond donors (Lipinski definition) is 2. The zero-order valence-electron chi connectivity index (χ0n) is 8.52. The second kappa shape index (κ2) is 3.84. The van der Waals surface area contributed by atoms with Crippen LogP contribution >= 0.6 is 0 Å². The summed E-state index contributed by atoms with van der Waals surface area (Å²) in [5.41, 5.74) is 5.42. The third-order valence-corrected chi connectivity index (χ3v) is 2.98. The Hall–Kier alpha value is -1.46. The third kappa shape index (κ3) is 1.58. The van der Waals surface area contributed by atoms with Crippen LogP contribution in [-0.4, -0.2) is 30.3 Å². The summed E-state index contributed by atoms with van der Waals surface area (Å²) >= 11 is 0. The zero-order valence-corrected chi connectivity index (χ0v) is 8.52. The van der Waals surface area contributed by atoms with Crippen molar-refractivity contribution in [2.45, 2.75) is 11.5 Å². The standard InChI is InChI=1S/C11H12FNO3/c12-8-3-1-2-7(4-8)11(5-16-6-11)9(13)10(14)15/h1-4,9H,5-6,13H2,(H,14,15). The van der Waals surface area contributed by atoms with Crippen molar-refractivity contribution < 1.29 is 19.0 Å². The average Bonchev–Trinajstić information content (AvgIpc) is 2.15. The quantitative estimate of drug-likeness (QED) is 0.786. The smallest absolute Gasteiger partial charge is 0.321 e. The molecule has 1 aliphatic heterocycles. The second-order valence-electron chi connectivity index (χ2n) is 3.98. The fraction of sp³-hybridized carbons (Fsp3) is 0.364. The SMILES string of the molecule is NC(C(=O)O)C1(c2cccc(F)c2)COC1. The van der Waals surface area contributed by atoms with E-state index in [0.717, 1.165) is 0 Å². The number of nitrogens with two attached hydrogens (primary N) is 1. The van der Waals surface area contributed by atoms with Gasteiger partial charge in [-0.1, -0.05) is 12.1 Å². The fourth-order valence-corrected chi connectivity index (χ4v) is 1.88. The van der Waals surface area contributed by atoms with E-state index in [0.29, 0.717) is 5.56 Å². The van der Waals surface area contributed by atoms with Crippen molar-refractivity contribution in [1.82, 2.24) is 0 Å². The Kier molecular flexibility index (Phi) is 2.65. The van der Waals surface area contributed by atoms with Crippen LogP contribution in [-0.2, 0) is 14.9 Å². The van der Waals surface area contributed by atoms with E-state index in [1.165, 1.54) is 12.1 Å². The van der Waals surface area contributed by atoms with Crippen LogP contribution in [0.1, 0.15) is 5.56 Å². The summed E-state index contributed by atoms with van der Waals surface area (Å²) in [6.07, 6.45) is 0. The molecular formula is C11H12FNO3. The Balaban J connectivity index is 2.38. The van der Waals surface area contributed by atoms with Gasteiger partial charge in [0.05, 0.1) is 18.6 Å². The number of ether oxygens (including phenoxy) is 1. The third-order valence-electron chi connectivity index (χ3n) is 2.98. The number of rotatable bonds is 3. The minimum Gasteiger partial charge on any atom is -0.480 e. The molecule has 3 N–H and O–H groups in total. The van der Waals surface area contributed by atoms with Crippen molar-refractivity contribution in [1.29, 1.82) is 0 Å². The van der Waals surface area contributed by atoms with Crippen molar-refractivity contribution in [3.8, 4) is 0 Å². The lowest BCUT2D eigenvalue weighted by Crippen LogP contribution is -2.61. The van der Waals surface area contributed by atoms with Gasteiger partial charge in [0.15, 0.2) is 0 Å². The highest BCUT2D eigenvalue weighted by atomic mass is 19.1.